The molecule has 3 N–H and O–H groups in total. The van der Waals surface area contributed by atoms with Gasteiger partial charge in [0.05, 0.1) is 5.69 Å². The average Bonchev–Trinajstić information content (AvgIpc) is 2.39. The molecule has 0 aromatic carbocycles. The molecule has 1 aromatic rings. The molecule has 2 heterocycles. The monoisotopic (exact) mass is 275 g/mol. The second kappa shape index (κ2) is 4.88. The van der Waals surface area contributed by atoms with Gasteiger partial charge in [0.2, 0.25) is 5.95 Å². The molecule has 1 fully saturated rings. The van der Waals surface area contributed by atoms with Gasteiger partial charge < -0.3 is 16.0 Å². The van der Waals surface area contributed by atoms with Gasteiger partial charge in [0.1, 0.15) is 5.82 Å². The van der Waals surface area contributed by atoms with E-state index >= 15 is 0 Å². The summed E-state index contributed by atoms with van der Waals surface area (Å²) in [5.74, 6) is 1.49. The third-order valence-corrected chi connectivity index (χ3v) is 4.54. The summed E-state index contributed by atoms with van der Waals surface area (Å²) in [7, 11) is 0. The normalized spacial score (nSPS) is 25.4. The fraction of sp³-hybridized carbons (Fsp3) is 0.733. The van der Waals surface area contributed by atoms with Gasteiger partial charge in [0.15, 0.2) is 0 Å². The minimum atomic E-state index is 0.110. The second-order valence-corrected chi connectivity index (χ2v) is 6.77. The lowest BCUT2D eigenvalue weighted by Gasteiger charge is -2.37. The molecule has 2 aliphatic rings. The molecule has 5 nitrogen and oxygen atoms in total. The number of nitrogens with zero attached hydrogens (tertiary/aromatic N) is 3. The van der Waals surface area contributed by atoms with Crippen LogP contribution in [0.4, 0.5) is 11.8 Å². The lowest BCUT2D eigenvalue weighted by Crippen LogP contribution is -2.50. The van der Waals surface area contributed by atoms with Crippen molar-refractivity contribution < 1.29 is 0 Å². The number of nitrogens with one attached hydrogen (secondary N) is 1. The average molecular weight is 275 g/mol. The molecule has 0 spiro atoms. The molecule has 110 valence electrons. The number of anilines is 2. The summed E-state index contributed by atoms with van der Waals surface area (Å²) in [6.45, 7) is 9.73. The number of fused-ring (bicyclic) bond motifs is 1. The molecule has 0 amide bonds. The number of aromatic nitrogens is 2. The van der Waals surface area contributed by atoms with Crippen molar-refractivity contribution in [2.75, 3.05) is 30.3 Å². The van der Waals surface area contributed by atoms with E-state index in [0.717, 1.165) is 37.6 Å². The summed E-state index contributed by atoms with van der Waals surface area (Å²) in [5, 5.41) is 3.48. The van der Waals surface area contributed by atoms with Gasteiger partial charge in [-0.1, -0.05) is 13.8 Å². The molecule has 0 radical (unpaired) electrons. The van der Waals surface area contributed by atoms with Gasteiger partial charge >= 0.3 is 0 Å². The molecule has 0 bridgehead atoms. The number of piperazine rings is 1. The Kier molecular flexibility index (Phi) is 3.32. The minimum absolute atomic E-state index is 0.110. The first-order valence-corrected chi connectivity index (χ1v) is 7.62. The van der Waals surface area contributed by atoms with E-state index in [1.807, 2.05) is 0 Å². The molecular weight excluding hydrogens is 250 g/mol. The molecule has 1 atom stereocenters. The zero-order chi connectivity index (χ0) is 14.3. The van der Waals surface area contributed by atoms with Crippen molar-refractivity contribution in [3.05, 3.63) is 11.3 Å². The fourth-order valence-corrected chi connectivity index (χ4v) is 3.49. The lowest BCUT2D eigenvalue weighted by atomic mass is 9.76. The van der Waals surface area contributed by atoms with Crippen LogP contribution in [0.25, 0.3) is 0 Å². The topological polar surface area (TPSA) is 67.1 Å². The summed E-state index contributed by atoms with van der Waals surface area (Å²) in [4.78, 5) is 11.5. The van der Waals surface area contributed by atoms with E-state index in [0.29, 0.717) is 12.0 Å². The van der Waals surface area contributed by atoms with Crippen LogP contribution < -0.4 is 16.0 Å². The molecule has 1 aliphatic carbocycles. The maximum atomic E-state index is 5.98. The van der Waals surface area contributed by atoms with Crippen molar-refractivity contribution in [3.63, 3.8) is 0 Å². The Balaban J connectivity index is 2.05. The minimum Gasteiger partial charge on any atom is -0.368 e. The van der Waals surface area contributed by atoms with Crippen LogP contribution in [0.2, 0.25) is 0 Å². The molecule has 1 saturated heterocycles. The molecule has 1 unspecified atom stereocenters. The number of hydrogen-bond donors (Lipinski definition) is 2. The van der Waals surface area contributed by atoms with E-state index in [9.17, 15) is 0 Å². The highest BCUT2D eigenvalue weighted by Gasteiger charge is 2.33. The Morgan fingerprint density at radius 3 is 2.90 bits per heavy atom. The van der Waals surface area contributed by atoms with Crippen molar-refractivity contribution in [2.45, 2.75) is 51.5 Å². The van der Waals surface area contributed by atoms with Crippen LogP contribution in [0.1, 0.15) is 44.9 Å². The lowest BCUT2D eigenvalue weighted by molar-refractivity contribution is 0.415. The first-order valence-electron chi connectivity index (χ1n) is 7.62. The van der Waals surface area contributed by atoms with Crippen LogP contribution in [0.5, 0.6) is 0 Å². The van der Waals surface area contributed by atoms with Crippen LogP contribution in [0, 0.1) is 0 Å². The number of rotatable bonds is 1. The van der Waals surface area contributed by atoms with Crippen molar-refractivity contribution in [1.82, 2.24) is 15.3 Å². The van der Waals surface area contributed by atoms with Crippen molar-refractivity contribution in [3.8, 4) is 0 Å². The summed E-state index contributed by atoms with van der Waals surface area (Å²) in [5.41, 5.74) is 8.58. The quantitative estimate of drug-likeness (QED) is 0.812. The van der Waals surface area contributed by atoms with E-state index in [1.165, 1.54) is 18.4 Å². The molecule has 3 rings (SSSR count). The summed E-state index contributed by atoms with van der Waals surface area (Å²) in [6.07, 6.45) is 3.46. The summed E-state index contributed by atoms with van der Waals surface area (Å²) < 4.78 is 0. The zero-order valence-corrected chi connectivity index (χ0v) is 12.7. The highest BCUT2D eigenvalue weighted by Crippen LogP contribution is 2.39. The standard InChI is InChI=1S/C15H25N5/c1-10-9-20(8-7-17-10)13-11-5-4-6-15(2,3)12(11)18-14(16)19-13/h10,17H,4-9H2,1-3H3,(H2,16,18,19). The SMILES string of the molecule is CC1CN(c2nc(N)nc3c2CCCC3(C)C)CCN1. The van der Waals surface area contributed by atoms with Gasteiger partial charge in [-0.15, -0.1) is 0 Å². The highest BCUT2D eigenvalue weighted by atomic mass is 15.3. The third-order valence-electron chi connectivity index (χ3n) is 4.54. The Morgan fingerprint density at radius 2 is 2.15 bits per heavy atom. The molecular formula is C15H25N5. The fourth-order valence-electron chi connectivity index (χ4n) is 3.49. The predicted octanol–water partition coefficient (Wildman–Crippen LogP) is 1.47. The Labute approximate surface area is 121 Å². The predicted molar refractivity (Wildman–Crippen MR) is 82.1 cm³/mol. The van der Waals surface area contributed by atoms with Crippen LogP contribution in [-0.4, -0.2) is 35.6 Å². The maximum Gasteiger partial charge on any atom is 0.222 e. The third kappa shape index (κ3) is 2.35. The molecule has 1 aliphatic heterocycles. The number of nitrogen functional groups attached to an aromatic ring is 1. The van der Waals surface area contributed by atoms with Crippen molar-refractivity contribution in [2.24, 2.45) is 0 Å². The van der Waals surface area contributed by atoms with Crippen LogP contribution >= 0.6 is 0 Å². The van der Waals surface area contributed by atoms with Gasteiger partial charge in [-0.25, -0.2) is 4.98 Å². The van der Waals surface area contributed by atoms with Crippen molar-refractivity contribution in [1.29, 1.82) is 0 Å². The zero-order valence-electron chi connectivity index (χ0n) is 12.7. The van der Waals surface area contributed by atoms with Gasteiger partial charge in [-0.3, -0.25) is 0 Å². The molecule has 5 heteroatoms. The first-order chi connectivity index (χ1) is 9.47. The number of nitrogens with two attached hydrogens (primary N) is 1. The van der Waals surface area contributed by atoms with E-state index < -0.39 is 0 Å². The van der Waals surface area contributed by atoms with Crippen LogP contribution in [-0.2, 0) is 11.8 Å². The second-order valence-electron chi connectivity index (χ2n) is 6.77. The molecule has 0 saturated carbocycles. The Bertz CT molecular complexity index is 511. The van der Waals surface area contributed by atoms with Crippen LogP contribution in [0.3, 0.4) is 0 Å². The first kappa shape index (κ1) is 13.6. The maximum absolute atomic E-state index is 5.98. The smallest absolute Gasteiger partial charge is 0.222 e. The molecule has 1 aromatic heterocycles. The van der Waals surface area contributed by atoms with E-state index in [4.69, 9.17) is 5.73 Å². The van der Waals surface area contributed by atoms with Crippen molar-refractivity contribution >= 4 is 11.8 Å². The number of hydrogen-bond acceptors (Lipinski definition) is 5. The van der Waals surface area contributed by atoms with Crippen LogP contribution in [0.15, 0.2) is 0 Å². The van der Waals surface area contributed by atoms with E-state index in [2.05, 4.69) is 41.0 Å². The van der Waals surface area contributed by atoms with Gasteiger partial charge in [-0.2, -0.15) is 4.98 Å². The van der Waals surface area contributed by atoms with Gasteiger partial charge in [0.25, 0.3) is 0 Å². The largest absolute Gasteiger partial charge is 0.368 e. The van der Waals surface area contributed by atoms with Gasteiger partial charge in [-0.05, 0) is 26.2 Å². The highest BCUT2D eigenvalue weighted by molar-refractivity contribution is 5.55. The van der Waals surface area contributed by atoms with E-state index in [-0.39, 0.29) is 5.41 Å². The Morgan fingerprint density at radius 1 is 1.35 bits per heavy atom. The Hall–Kier alpha value is -1.36. The summed E-state index contributed by atoms with van der Waals surface area (Å²) in [6, 6.07) is 0.493. The summed E-state index contributed by atoms with van der Waals surface area (Å²) >= 11 is 0. The van der Waals surface area contributed by atoms with Gasteiger partial charge in [0, 0.05) is 36.7 Å². The van der Waals surface area contributed by atoms with E-state index in [1.54, 1.807) is 0 Å². The molecule has 20 heavy (non-hydrogen) atoms.